The van der Waals surface area contributed by atoms with Crippen LogP contribution in [0.1, 0.15) is 51.4 Å². The Bertz CT molecular complexity index is 1090. The minimum atomic E-state index is 0.116. The quantitative estimate of drug-likeness (QED) is 0.492. The third-order valence-electron chi connectivity index (χ3n) is 9.40. The fourth-order valence-corrected chi connectivity index (χ4v) is 7.53. The largest absolute Gasteiger partial charge is 0.495 e. The van der Waals surface area contributed by atoms with E-state index in [-0.39, 0.29) is 23.7 Å². The van der Waals surface area contributed by atoms with Gasteiger partial charge >= 0.3 is 0 Å². The van der Waals surface area contributed by atoms with E-state index in [9.17, 15) is 9.59 Å². The summed E-state index contributed by atoms with van der Waals surface area (Å²) in [4.78, 5) is 25.9. The van der Waals surface area contributed by atoms with Crippen LogP contribution in [0.3, 0.4) is 0 Å². The average Bonchev–Trinajstić information content (AvgIpc) is 3.71. The molecule has 0 spiro atoms. The van der Waals surface area contributed by atoms with Crippen LogP contribution in [0.25, 0.3) is 11.1 Å². The maximum Gasteiger partial charge on any atom is 0.227 e. The first-order valence-electron chi connectivity index (χ1n) is 13.5. The molecule has 2 aromatic rings. The zero-order valence-electron chi connectivity index (χ0n) is 21.2. The maximum absolute atomic E-state index is 13.0. The van der Waals surface area contributed by atoms with Gasteiger partial charge in [0.05, 0.1) is 25.6 Å². The summed E-state index contributed by atoms with van der Waals surface area (Å²) in [6, 6.07) is 11.7. The Balaban J connectivity index is 1.17. The molecular weight excluding hydrogens is 452 g/mol. The summed E-state index contributed by atoms with van der Waals surface area (Å²) in [5.41, 5.74) is 3.31. The second-order valence-electron chi connectivity index (χ2n) is 11.4. The van der Waals surface area contributed by atoms with Gasteiger partial charge in [0.15, 0.2) is 0 Å². The fraction of sp³-hybridized carbons (Fsp3) is 0.533. The monoisotopic (exact) mass is 488 g/mol. The second kappa shape index (κ2) is 9.45. The number of methoxy groups -OCH3 is 2. The first-order chi connectivity index (χ1) is 17.5. The van der Waals surface area contributed by atoms with Crippen LogP contribution in [-0.4, -0.2) is 26.0 Å². The van der Waals surface area contributed by atoms with Gasteiger partial charge in [0, 0.05) is 11.8 Å². The number of ether oxygens (including phenoxy) is 2. The Morgan fingerprint density at radius 3 is 1.44 bits per heavy atom. The third kappa shape index (κ3) is 4.25. The fourth-order valence-electron chi connectivity index (χ4n) is 7.53. The van der Waals surface area contributed by atoms with Gasteiger partial charge in [-0.2, -0.15) is 0 Å². The summed E-state index contributed by atoms with van der Waals surface area (Å²) in [5, 5.41) is 6.24. The van der Waals surface area contributed by atoms with Crippen molar-refractivity contribution in [1.29, 1.82) is 0 Å². The summed E-state index contributed by atoms with van der Waals surface area (Å²) in [6.07, 6.45) is 9.35. The molecule has 0 saturated heterocycles. The molecule has 36 heavy (non-hydrogen) atoms. The van der Waals surface area contributed by atoms with Crippen LogP contribution in [0.2, 0.25) is 0 Å². The Morgan fingerprint density at radius 2 is 1.11 bits per heavy atom. The Hall–Kier alpha value is -3.02. The van der Waals surface area contributed by atoms with Crippen molar-refractivity contribution in [2.45, 2.75) is 51.4 Å². The van der Waals surface area contributed by atoms with E-state index in [4.69, 9.17) is 9.47 Å². The molecule has 2 N–H and O–H groups in total. The lowest BCUT2D eigenvalue weighted by atomic mass is 9.88. The van der Waals surface area contributed by atoms with E-state index in [0.29, 0.717) is 34.7 Å². The Morgan fingerprint density at radius 1 is 0.667 bits per heavy atom. The topological polar surface area (TPSA) is 76.7 Å². The number of anilines is 2. The molecule has 0 radical (unpaired) electrons. The van der Waals surface area contributed by atoms with Gasteiger partial charge in [0.2, 0.25) is 11.8 Å². The summed E-state index contributed by atoms with van der Waals surface area (Å²) < 4.78 is 11.3. The molecule has 6 nitrogen and oxygen atoms in total. The molecule has 6 unspecified atom stereocenters. The lowest BCUT2D eigenvalue weighted by molar-refractivity contribution is -0.122. The molecule has 4 bridgehead atoms. The molecule has 4 saturated carbocycles. The smallest absolute Gasteiger partial charge is 0.227 e. The summed E-state index contributed by atoms with van der Waals surface area (Å²) in [6.45, 7) is 0. The number of carbonyl (C=O) groups excluding carboxylic acids is 2. The molecule has 6 atom stereocenters. The Kier molecular flexibility index (Phi) is 6.14. The van der Waals surface area contributed by atoms with Crippen molar-refractivity contribution in [1.82, 2.24) is 0 Å². The molecule has 190 valence electrons. The molecule has 0 heterocycles. The zero-order chi connectivity index (χ0) is 24.8. The zero-order valence-corrected chi connectivity index (χ0v) is 21.2. The lowest BCUT2D eigenvalue weighted by Gasteiger charge is -2.22. The number of hydrogen-bond donors (Lipinski definition) is 2. The van der Waals surface area contributed by atoms with Gasteiger partial charge in [-0.15, -0.1) is 0 Å². The number of benzene rings is 2. The van der Waals surface area contributed by atoms with E-state index >= 15 is 0 Å². The SMILES string of the molecule is COc1cc(-c2ccc(NC(=O)C3CC4CCC3C4)c(OC)c2)ccc1NC(=O)C1CC2CCC1C2. The minimum absolute atomic E-state index is 0.116. The van der Waals surface area contributed by atoms with E-state index < -0.39 is 0 Å². The summed E-state index contributed by atoms with van der Waals surface area (Å²) in [5.74, 6) is 4.28. The number of hydrogen-bond acceptors (Lipinski definition) is 4. The normalized spacial score (nSPS) is 29.8. The van der Waals surface area contributed by atoms with Crippen molar-refractivity contribution < 1.29 is 19.1 Å². The molecule has 4 aliphatic carbocycles. The second-order valence-corrected chi connectivity index (χ2v) is 11.4. The number of rotatable bonds is 7. The number of nitrogens with one attached hydrogen (secondary N) is 2. The van der Waals surface area contributed by atoms with E-state index in [1.165, 1.54) is 38.5 Å². The van der Waals surface area contributed by atoms with Crippen molar-refractivity contribution in [3.05, 3.63) is 36.4 Å². The molecule has 0 aliphatic heterocycles. The summed E-state index contributed by atoms with van der Waals surface area (Å²) >= 11 is 0. The highest BCUT2D eigenvalue weighted by Gasteiger charge is 2.44. The highest BCUT2D eigenvalue weighted by molar-refractivity contribution is 5.96. The number of carbonyl (C=O) groups is 2. The van der Waals surface area contributed by atoms with Crippen molar-refractivity contribution in [3.63, 3.8) is 0 Å². The first-order valence-corrected chi connectivity index (χ1v) is 13.5. The number of fused-ring (bicyclic) bond motifs is 4. The molecule has 0 aromatic heterocycles. The van der Waals surface area contributed by atoms with Gasteiger partial charge in [0.1, 0.15) is 11.5 Å². The van der Waals surface area contributed by atoms with E-state index in [1.807, 2.05) is 36.4 Å². The predicted octanol–water partition coefficient (Wildman–Crippen LogP) is 6.12. The van der Waals surface area contributed by atoms with Gasteiger partial charge in [-0.25, -0.2) is 0 Å². The molecule has 2 amide bonds. The predicted molar refractivity (Wildman–Crippen MR) is 140 cm³/mol. The van der Waals surface area contributed by atoms with Crippen molar-refractivity contribution in [3.8, 4) is 22.6 Å². The van der Waals surface area contributed by atoms with Crippen LogP contribution in [-0.2, 0) is 9.59 Å². The van der Waals surface area contributed by atoms with Crippen LogP contribution in [0.4, 0.5) is 11.4 Å². The van der Waals surface area contributed by atoms with Gasteiger partial charge in [-0.05, 0) is 97.6 Å². The van der Waals surface area contributed by atoms with E-state index in [1.54, 1.807) is 14.2 Å². The summed E-state index contributed by atoms with van der Waals surface area (Å²) in [7, 11) is 3.25. The first kappa shape index (κ1) is 23.4. The van der Waals surface area contributed by atoms with Gasteiger partial charge in [0.25, 0.3) is 0 Å². The average molecular weight is 489 g/mol. The van der Waals surface area contributed by atoms with Crippen LogP contribution in [0.15, 0.2) is 36.4 Å². The maximum atomic E-state index is 13.0. The van der Waals surface area contributed by atoms with Gasteiger partial charge in [-0.3, -0.25) is 9.59 Å². The molecule has 4 fully saturated rings. The molecular formula is C30H36N2O4. The standard InChI is InChI=1S/C30H36N2O4/c1-35-27-15-19(7-9-25(27)31-29(33)23-13-17-3-5-21(23)11-17)20-8-10-26(28(16-20)36-2)32-30(34)24-14-18-4-6-22(24)12-18/h7-10,15-18,21-24H,3-6,11-14H2,1-2H3,(H,31,33)(H,32,34). The highest BCUT2D eigenvalue weighted by atomic mass is 16.5. The van der Waals surface area contributed by atoms with Crippen LogP contribution in [0, 0.1) is 35.5 Å². The van der Waals surface area contributed by atoms with Crippen molar-refractivity contribution in [2.75, 3.05) is 24.9 Å². The van der Waals surface area contributed by atoms with Crippen LogP contribution in [0.5, 0.6) is 11.5 Å². The third-order valence-corrected chi connectivity index (χ3v) is 9.40. The van der Waals surface area contributed by atoms with Crippen LogP contribution >= 0.6 is 0 Å². The molecule has 4 aliphatic rings. The molecule has 6 heteroatoms. The molecule has 2 aromatic carbocycles. The van der Waals surface area contributed by atoms with Crippen molar-refractivity contribution in [2.24, 2.45) is 35.5 Å². The minimum Gasteiger partial charge on any atom is -0.495 e. The van der Waals surface area contributed by atoms with E-state index in [2.05, 4.69) is 10.6 Å². The van der Waals surface area contributed by atoms with Crippen molar-refractivity contribution >= 4 is 23.2 Å². The Labute approximate surface area is 213 Å². The van der Waals surface area contributed by atoms with Gasteiger partial charge in [-0.1, -0.05) is 25.0 Å². The lowest BCUT2D eigenvalue weighted by Crippen LogP contribution is -2.27. The van der Waals surface area contributed by atoms with Crippen LogP contribution < -0.4 is 20.1 Å². The highest BCUT2D eigenvalue weighted by Crippen LogP contribution is 2.50. The van der Waals surface area contributed by atoms with E-state index in [0.717, 1.165) is 35.8 Å². The van der Waals surface area contributed by atoms with Gasteiger partial charge < -0.3 is 20.1 Å². The number of amides is 2. The molecule has 6 rings (SSSR count).